The van der Waals surface area contributed by atoms with Crippen LogP contribution in [0.5, 0.6) is 0 Å². The first kappa shape index (κ1) is 32.8. The lowest BCUT2D eigenvalue weighted by Gasteiger charge is -2.23. The van der Waals surface area contributed by atoms with E-state index in [2.05, 4.69) is 34.4 Å². The first-order valence-corrected chi connectivity index (χ1v) is 14.6. The molecule has 1 aromatic heterocycles. The van der Waals surface area contributed by atoms with Crippen LogP contribution in [0.3, 0.4) is 0 Å². The van der Waals surface area contributed by atoms with Gasteiger partial charge >= 0.3 is 0 Å². The number of aromatic nitrogens is 1. The lowest BCUT2D eigenvalue weighted by molar-refractivity contribution is -0.125. The summed E-state index contributed by atoms with van der Waals surface area (Å²) in [6.45, 7) is 12.5. The molecule has 10 nitrogen and oxygen atoms in total. The van der Waals surface area contributed by atoms with Crippen LogP contribution in [0.1, 0.15) is 72.9 Å². The number of amides is 3. The van der Waals surface area contributed by atoms with Crippen LogP contribution >= 0.6 is 0 Å². The van der Waals surface area contributed by atoms with Gasteiger partial charge in [-0.1, -0.05) is 20.3 Å². The average molecular weight is 583 g/mol. The molecule has 1 atom stereocenters. The summed E-state index contributed by atoms with van der Waals surface area (Å²) in [6, 6.07) is 3.03. The van der Waals surface area contributed by atoms with E-state index in [0.717, 1.165) is 24.5 Å². The Balaban J connectivity index is 1.94. The number of H-pyrrole nitrogens is 1. The minimum absolute atomic E-state index is 0.0270. The number of unbranched alkanes of at least 4 members (excludes halogenated alkanes) is 1. The van der Waals surface area contributed by atoms with Crippen molar-refractivity contribution in [3.8, 4) is 0 Å². The lowest BCUT2D eigenvalue weighted by atomic mass is 10.0. The van der Waals surface area contributed by atoms with E-state index in [1.54, 1.807) is 19.9 Å². The highest BCUT2D eigenvalue weighted by atomic mass is 19.1. The van der Waals surface area contributed by atoms with E-state index in [0.29, 0.717) is 54.9 Å². The fourth-order valence-corrected chi connectivity index (χ4v) is 5.21. The van der Waals surface area contributed by atoms with E-state index in [1.165, 1.54) is 25.1 Å². The van der Waals surface area contributed by atoms with E-state index in [1.807, 2.05) is 0 Å². The second-order valence-corrected chi connectivity index (χ2v) is 10.6. The van der Waals surface area contributed by atoms with Gasteiger partial charge in [0.25, 0.3) is 17.7 Å². The molecule has 3 rings (SSSR count). The highest BCUT2D eigenvalue weighted by molar-refractivity contribution is 6.42. The minimum atomic E-state index is -0.803. The molecule has 1 aliphatic rings. The first-order chi connectivity index (χ1) is 20.0. The number of hydrogen-bond acceptors (Lipinski definition) is 7. The van der Waals surface area contributed by atoms with E-state index >= 15 is 0 Å². The highest BCUT2D eigenvalue weighted by Gasteiger charge is 2.40. The molecule has 228 valence electrons. The number of nitrogens with two attached hydrogens (primary N) is 1. The molecule has 42 heavy (non-hydrogen) atoms. The van der Waals surface area contributed by atoms with Crippen molar-refractivity contribution in [3.63, 3.8) is 0 Å². The Labute approximate surface area is 246 Å². The number of rotatable bonds is 15. The molecule has 0 bridgehead atoms. The summed E-state index contributed by atoms with van der Waals surface area (Å²) in [6.07, 6.45) is 3.25. The Hall–Kier alpha value is -3.67. The molecule has 0 saturated carbocycles. The third-order valence-corrected chi connectivity index (χ3v) is 7.59. The van der Waals surface area contributed by atoms with Crippen molar-refractivity contribution in [2.75, 3.05) is 44.2 Å². The largest absolute Gasteiger partial charge is 0.358 e. The summed E-state index contributed by atoms with van der Waals surface area (Å²) in [5, 5.41) is 5.93. The van der Waals surface area contributed by atoms with Crippen LogP contribution in [0.4, 0.5) is 10.1 Å². The van der Waals surface area contributed by atoms with Gasteiger partial charge in [-0.15, -0.1) is 0 Å². The average Bonchev–Trinajstić information content (AvgIpc) is 3.38. The van der Waals surface area contributed by atoms with Crippen LogP contribution in [0.2, 0.25) is 0 Å². The van der Waals surface area contributed by atoms with E-state index in [9.17, 15) is 23.6 Å². The van der Waals surface area contributed by atoms with Gasteiger partial charge in [-0.3, -0.25) is 24.5 Å². The SMILES string of the molecule is CCN(CC)CCNC(=O)c1c(C)[nH]c(/C=C2\C(=O)N(C(=O)[C@H](CCCCN)NCC(C)=O)c3ccc(F)cc32)c1C. The Morgan fingerprint density at radius 1 is 1.17 bits per heavy atom. The summed E-state index contributed by atoms with van der Waals surface area (Å²) in [4.78, 5) is 58.7. The number of ketones is 1. The number of hydrogen-bond donors (Lipinski definition) is 4. The molecule has 0 aliphatic carbocycles. The summed E-state index contributed by atoms with van der Waals surface area (Å²) >= 11 is 0. The first-order valence-electron chi connectivity index (χ1n) is 14.6. The van der Waals surface area contributed by atoms with Crippen molar-refractivity contribution in [2.45, 2.75) is 59.9 Å². The fraction of sp³-hybridized carbons (Fsp3) is 0.484. The van der Waals surface area contributed by atoms with E-state index in [4.69, 9.17) is 5.73 Å². The molecule has 11 heteroatoms. The van der Waals surface area contributed by atoms with Gasteiger partial charge in [0.15, 0.2) is 0 Å². The second kappa shape index (κ2) is 15.0. The number of benzene rings is 1. The van der Waals surface area contributed by atoms with Gasteiger partial charge in [0.05, 0.1) is 29.4 Å². The molecule has 0 radical (unpaired) electrons. The van der Waals surface area contributed by atoms with Gasteiger partial charge in [0.2, 0.25) is 0 Å². The van der Waals surface area contributed by atoms with Crippen LogP contribution in [-0.2, 0) is 14.4 Å². The third kappa shape index (κ3) is 7.58. The number of fused-ring (bicyclic) bond motifs is 1. The third-order valence-electron chi connectivity index (χ3n) is 7.59. The van der Waals surface area contributed by atoms with Crippen LogP contribution < -0.4 is 21.3 Å². The van der Waals surface area contributed by atoms with Gasteiger partial charge in [-0.2, -0.15) is 0 Å². The van der Waals surface area contributed by atoms with Crippen molar-refractivity contribution in [1.82, 2.24) is 20.5 Å². The maximum Gasteiger partial charge on any atom is 0.265 e. The number of Topliss-reactive ketones (excluding diaryl/α,β-unsaturated/α-hetero) is 1. The molecule has 0 saturated heterocycles. The summed E-state index contributed by atoms with van der Waals surface area (Å²) in [5.41, 5.74) is 8.55. The Kier molecular flexibility index (Phi) is 11.7. The van der Waals surface area contributed by atoms with E-state index in [-0.39, 0.29) is 35.1 Å². The number of aromatic amines is 1. The Bertz CT molecular complexity index is 1350. The molecule has 2 heterocycles. The van der Waals surface area contributed by atoms with Gasteiger partial charge in [-0.05, 0) is 83.1 Å². The molecule has 5 N–H and O–H groups in total. The molecule has 3 amide bonds. The van der Waals surface area contributed by atoms with Gasteiger partial charge in [0, 0.05) is 30.0 Å². The van der Waals surface area contributed by atoms with Gasteiger partial charge < -0.3 is 20.9 Å². The topological polar surface area (TPSA) is 141 Å². The van der Waals surface area contributed by atoms with E-state index < -0.39 is 23.7 Å². The van der Waals surface area contributed by atoms with Gasteiger partial charge in [-0.25, -0.2) is 9.29 Å². The van der Waals surface area contributed by atoms with Gasteiger partial charge in [0.1, 0.15) is 11.6 Å². The number of carbonyl (C=O) groups is 4. The zero-order valence-corrected chi connectivity index (χ0v) is 25.2. The summed E-state index contributed by atoms with van der Waals surface area (Å²) < 4.78 is 14.4. The number of likely N-dealkylation sites (N-methyl/N-ethyl adjacent to an activating group) is 1. The van der Waals surface area contributed by atoms with Crippen molar-refractivity contribution in [2.24, 2.45) is 5.73 Å². The van der Waals surface area contributed by atoms with Crippen molar-refractivity contribution in [1.29, 1.82) is 0 Å². The lowest BCUT2D eigenvalue weighted by Crippen LogP contribution is -2.49. The predicted molar refractivity (Wildman–Crippen MR) is 163 cm³/mol. The van der Waals surface area contributed by atoms with Crippen LogP contribution in [0, 0.1) is 19.7 Å². The summed E-state index contributed by atoms with van der Waals surface area (Å²) in [7, 11) is 0. The molecule has 2 aromatic rings. The molecule has 0 spiro atoms. The normalized spacial score (nSPS) is 14.5. The molecule has 0 unspecified atom stereocenters. The number of aryl methyl sites for hydroxylation is 1. The Morgan fingerprint density at radius 2 is 1.88 bits per heavy atom. The quantitative estimate of drug-likeness (QED) is 0.187. The zero-order chi connectivity index (χ0) is 31.0. The maximum absolute atomic E-state index is 14.4. The molecular formula is C31H43FN6O4. The number of nitrogens with zero attached hydrogens (tertiary/aromatic N) is 2. The van der Waals surface area contributed by atoms with Crippen molar-refractivity contribution >= 4 is 40.8 Å². The number of carbonyl (C=O) groups excluding carboxylic acids is 4. The number of halogens is 1. The van der Waals surface area contributed by atoms with Crippen LogP contribution in [0.15, 0.2) is 18.2 Å². The monoisotopic (exact) mass is 582 g/mol. The highest BCUT2D eigenvalue weighted by Crippen LogP contribution is 2.39. The molecular weight excluding hydrogens is 539 g/mol. The number of anilines is 1. The van der Waals surface area contributed by atoms with Crippen molar-refractivity contribution < 1.29 is 23.6 Å². The minimum Gasteiger partial charge on any atom is -0.358 e. The Morgan fingerprint density at radius 3 is 2.52 bits per heavy atom. The smallest absolute Gasteiger partial charge is 0.265 e. The number of imide groups is 1. The van der Waals surface area contributed by atoms with Crippen molar-refractivity contribution in [3.05, 3.63) is 52.1 Å². The second-order valence-electron chi connectivity index (χ2n) is 10.6. The molecule has 1 aromatic carbocycles. The summed E-state index contributed by atoms with van der Waals surface area (Å²) in [5.74, 6) is -2.06. The number of nitrogens with one attached hydrogen (secondary N) is 3. The predicted octanol–water partition coefficient (Wildman–Crippen LogP) is 2.93. The van der Waals surface area contributed by atoms with Crippen LogP contribution in [-0.4, -0.2) is 78.7 Å². The maximum atomic E-state index is 14.4. The molecule has 1 aliphatic heterocycles. The standard InChI is InChI=1S/C31H43FN6O4/c1-6-37(7-2)15-14-34-29(40)28-20(4)26(36-21(28)5)17-24-23-16-22(32)11-12-27(23)38(30(24)41)31(42)25(10-8-9-13-33)35-18-19(3)39/h11-12,16-17,25,35-36H,6-10,13-15,18,33H2,1-5H3,(H,34,40)/b24-17-/t25-/m0/s1. The zero-order valence-electron chi connectivity index (χ0n) is 25.2. The van der Waals surface area contributed by atoms with Crippen LogP contribution in [0.25, 0.3) is 11.6 Å². The molecule has 0 fully saturated rings. The fourth-order valence-electron chi connectivity index (χ4n) is 5.21.